The molecule has 1 aliphatic heterocycles. The molecule has 1 N–H and O–H groups in total. The monoisotopic (exact) mass is 252 g/mol. The number of nitrogens with zero attached hydrogens (tertiary/aromatic N) is 1. The van der Waals surface area contributed by atoms with Crippen molar-refractivity contribution in [1.82, 2.24) is 10.2 Å². The molecule has 2 rings (SSSR count). The minimum atomic E-state index is 0.685. The lowest BCUT2D eigenvalue weighted by atomic mass is 9.83. The van der Waals surface area contributed by atoms with E-state index in [0.717, 1.165) is 11.8 Å². The fraction of sp³-hybridized carbons (Fsp3) is 1.00. The molecule has 0 amide bonds. The Morgan fingerprint density at radius 1 is 0.889 bits per heavy atom. The van der Waals surface area contributed by atoms with E-state index >= 15 is 0 Å². The van der Waals surface area contributed by atoms with E-state index in [0.29, 0.717) is 12.1 Å². The predicted molar refractivity (Wildman–Crippen MR) is 78.9 cm³/mol. The topological polar surface area (TPSA) is 15.3 Å². The molecular formula is C16H32N2. The van der Waals surface area contributed by atoms with Gasteiger partial charge in [-0.2, -0.15) is 0 Å². The van der Waals surface area contributed by atoms with E-state index in [9.17, 15) is 0 Å². The van der Waals surface area contributed by atoms with Gasteiger partial charge in [0.1, 0.15) is 0 Å². The van der Waals surface area contributed by atoms with Gasteiger partial charge in [-0.25, -0.2) is 0 Å². The maximum Gasteiger partial charge on any atom is 0.00818 e. The molecule has 1 saturated heterocycles. The molecule has 0 spiro atoms. The van der Waals surface area contributed by atoms with E-state index in [4.69, 9.17) is 0 Å². The van der Waals surface area contributed by atoms with Crippen LogP contribution in [0.3, 0.4) is 0 Å². The van der Waals surface area contributed by atoms with E-state index in [2.05, 4.69) is 31.1 Å². The molecule has 18 heavy (non-hydrogen) atoms. The largest absolute Gasteiger partial charge is 0.311 e. The zero-order valence-corrected chi connectivity index (χ0v) is 12.6. The van der Waals surface area contributed by atoms with Gasteiger partial charge in [-0.15, -0.1) is 0 Å². The zero-order chi connectivity index (χ0) is 13.0. The fourth-order valence-corrected chi connectivity index (χ4v) is 3.94. The van der Waals surface area contributed by atoms with Gasteiger partial charge in [-0.05, 0) is 65.0 Å². The smallest absolute Gasteiger partial charge is 0.00818 e. The van der Waals surface area contributed by atoms with E-state index < -0.39 is 0 Å². The van der Waals surface area contributed by atoms with Crippen LogP contribution in [0.2, 0.25) is 0 Å². The van der Waals surface area contributed by atoms with Crippen molar-refractivity contribution in [2.45, 2.75) is 70.9 Å². The zero-order valence-electron chi connectivity index (χ0n) is 12.6. The molecule has 0 bridgehead atoms. The molecule has 0 aromatic rings. The second kappa shape index (κ2) is 6.91. The molecule has 0 aromatic carbocycles. The summed E-state index contributed by atoms with van der Waals surface area (Å²) < 4.78 is 0. The van der Waals surface area contributed by atoms with Crippen LogP contribution in [-0.2, 0) is 0 Å². The first-order chi connectivity index (χ1) is 8.66. The molecule has 2 unspecified atom stereocenters. The Balaban J connectivity index is 1.76. The first kappa shape index (κ1) is 14.3. The number of piperidine rings is 1. The SMILES string of the molecule is CC(N[C@H](C)C1CCCCC1)C1CCCN(C)C1. The van der Waals surface area contributed by atoms with Gasteiger partial charge in [0.25, 0.3) is 0 Å². The van der Waals surface area contributed by atoms with Crippen LogP contribution in [-0.4, -0.2) is 37.1 Å². The molecule has 2 heteroatoms. The molecule has 0 radical (unpaired) electrons. The molecular weight excluding hydrogens is 220 g/mol. The van der Waals surface area contributed by atoms with Crippen LogP contribution in [0.5, 0.6) is 0 Å². The van der Waals surface area contributed by atoms with Crippen LogP contribution in [0, 0.1) is 11.8 Å². The van der Waals surface area contributed by atoms with Crippen molar-refractivity contribution in [3.8, 4) is 0 Å². The third kappa shape index (κ3) is 3.96. The van der Waals surface area contributed by atoms with Crippen LogP contribution < -0.4 is 5.32 Å². The molecule has 2 fully saturated rings. The molecule has 106 valence electrons. The Hall–Kier alpha value is -0.0800. The lowest BCUT2D eigenvalue weighted by molar-refractivity contribution is 0.162. The van der Waals surface area contributed by atoms with Gasteiger partial charge in [0.15, 0.2) is 0 Å². The molecule has 2 aliphatic rings. The number of rotatable bonds is 4. The summed E-state index contributed by atoms with van der Waals surface area (Å²) in [6, 6.07) is 1.40. The molecule has 1 aliphatic carbocycles. The van der Waals surface area contributed by atoms with E-state index in [1.807, 2.05) is 0 Å². The highest BCUT2D eigenvalue weighted by atomic mass is 15.1. The second-order valence-corrected chi connectivity index (χ2v) is 6.81. The summed E-state index contributed by atoms with van der Waals surface area (Å²) in [6.07, 6.45) is 10.1. The maximum atomic E-state index is 3.91. The molecule has 1 heterocycles. The highest BCUT2D eigenvalue weighted by Crippen LogP contribution is 2.27. The summed E-state index contributed by atoms with van der Waals surface area (Å²) >= 11 is 0. The fourth-order valence-electron chi connectivity index (χ4n) is 3.94. The average molecular weight is 252 g/mol. The minimum absolute atomic E-state index is 0.685. The number of nitrogens with one attached hydrogen (secondary N) is 1. The summed E-state index contributed by atoms with van der Waals surface area (Å²) in [7, 11) is 2.27. The van der Waals surface area contributed by atoms with Crippen molar-refractivity contribution in [3.05, 3.63) is 0 Å². The van der Waals surface area contributed by atoms with Crippen LogP contribution in [0.25, 0.3) is 0 Å². The third-order valence-electron chi connectivity index (χ3n) is 5.25. The average Bonchev–Trinajstić information content (AvgIpc) is 2.39. The molecule has 0 aromatic heterocycles. The highest BCUT2D eigenvalue weighted by molar-refractivity contribution is 4.84. The van der Waals surface area contributed by atoms with Crippen LogP contribution in [0.1, 0.15) is 58.8 Å². The Morgan fingerprint density at radius 3 is 2.17 bits per heavy atom. The standard InChI is InChI=1S/C16H32N2/c1-13(15-8-5-4-6-9-15)17-14(2)16-10-7-11-18(3)12-16/h13-17H,4-12H2,1-3H3/t13-,14?,16?/m1/s1. The van der Waals surface area contributed by atoms with Gasteiger partial charge in [-0.1, -0.05) is 19.3 Å². The Morgan fingerprint density at radius 2 is 1.50 bits per heavy atom. The van der Waals surface area contributed by atoms with Crippen molar-refractivity contribution < 1.29 is 0 Å². The van der Waals surface area contributed by atoms with Crippen LogP contribution in [0.4, 0.5) is 0 Å². The number of hydrogen-bond donors (Lipinski definition) is 1. The predicted octanol–water partition coefficient (Wildman–Crippen LogP) is 3.28. The van der Waals surface area contributed by atoms with E-state index in [1.54, 1.807) is 0 Å². The van der Waals surface area contributed by atoms with Gasteiger partial charge in [-0.3, -0.25) is 0 Å². The van der Waals surface area contributed by atoms with Gasteiger partial charge in [0.2, 0.25) is 0 Å². The summed E-state index contributed by atoms with van der Waals surface area (Å²) in [6.45, 7) is 7.40. The van der Waals surface area contributed by atoms with Crippen molar-refractivity contribution in [2.24, 2.45) is 11.8 Å². The summed E-state index contributed by atoms with van der Waals surface area (Å²) in [4.78, 5) is 2.50. The normalized spacial score (nSPS) is 31.2. The molecule has 2 nitrogen and oxygen atoms in total. The number of hydrogen-bond acceptors (Lipinski definition) is 2. The quantitative estimate of drug-likeness (QED) is 0.826. The lowest BCUT2D eigenvalue weighted by Crippen LogP contribution is -2.48. The Kier molecular flexibility index (Phi) is 5.50. The number of likely N-dealkylation sites (tertiary alicyclic amines) is 1. The van der Waals surface area contributed by atoms with Gasteiger partial charge in [0.05, 0.1) is 0 Å². The third-order valence-corrected chi connectivity index (χ3v) is 5.25. The van der Waals surface area contributed by atoms with Crippen LogP contribution in [0.15, 0.2) is 0 Å². The van der Waals surface area contributed by atoms with Gasteiger partial charge in [0, 0.05) is 18.6 Å². The second-order valence-electron chi connectivity index (χ2n) is 6.81. The van der Waals surface area contributed by atoms with Crippen molar-refractivity contribution >= 4 is 0 Å². The van der Waals surface area contributed by atoms with Crippen molar-refractivity contribution in [3.63, 3.8) is 0 Å². The van der Waals surface area contributed by atoms with Crippen molar-refractivity contribution in [1.29, 1.82) is 0 Å². The van der Waals surface area contributed by atoms with Gasteiger partial charge < -0.3 is 10.2 Å². The molecule has 1 saturated carbocycles. The summed E-state index contributed by atoms with van der Waals surface area (Å²) in [5, 5.41) is 3.91. The summed E-state index contributed by atoms with van der Waals surface area (Å²) in [5.74, 6) is 1.79. The Bertz CT molecular complexity index is 235. The van der Waals surface area contributed by atoms with E-state index in [-0.39, 0.29) is 0 Å². The van der Waals surface area contributed by atoms with Gasteiger partial charge >= 0.3 is 0 Å². The lowest BCUT2D eigenvalue weighted by Gasteiger charge is -2.37. The minimum Gasteiger partial charge on any atom is -0.311 e. The van der Waals surface area contributed by atoms with Crippen molar-refractivity contribution in [2.75, 3.05) is 20.1 Å². The molecule has 3 atom stereocenters. The van der Waals surface area contributed by atoms with E-state index in [1.165, 1.54) is 58.0 Å². The Labute approximate surface area is 114 Å². The highest BCUT2D eigenvalue weighted by Gasteiger charge is 2.26. The summed E-state index contributed by atoms with van der Waals surface area (Å²) in [5.41, 5.74) is 0. The maximum absolute atomic E-state index is 3.91. The first-order valence-corrected chi connectivity index (χ1v) is 8.11. The first-order valence-electron chi connectivity index (χ1n) is 8.11. The van der Waals surface area contributed by atoms with Crippen LogP contribution >= 0.6 is 0 Å².